The Labute approximate surface area is 262 Å². The molecule has 0 saturated carbocycles. The zero-order valence-electron chi connectivity index (χ0n) is 26.6. The molecule has 1 aliphatic heterocycles. The zero-order chi connectivity index (χ0) is 34.8. The molecule has 3 aromatic rings. The Bertz CT molecular complexity index is 1670. The molecule has 0 saturated heterocycles. The Morgan fingerprint density at radius 3 is 2.07 bits per heavy atom. The number of nitrogens with zero attached hydrogens (tertiary/aromatic N) is 2. The van der Waals surface area contributed by atoms with E-state index < -0.39 is 61.9 Å². The van der Waals surface area contributed by atoms with Gasteiger partial charge >= 0.3 is 23.9 Å². The van der Waals surface area contributed by atoms with Crippen molar-refractivity contribution in [2.75, 3.05) is 0 Å². The largest absolute Gasteiger partial charge is 0.460 e. The number of halogens is 9. The minimum absolute atomic E-state index is 0.230. The zero-order valence-corrected chi connectivity index (χ0v) is 27.6. The van der Waals surface area contributed by atoms with Crippen LogP contribution in [0.15, 0.2) is 35.1 Å². The topological polar surface area (TPSA) is 44.1 Å². The summed E-state index contributed by atoms with van der Waals surface area (Å²) in [5.74, 6) is -19.3. The summed E-state index contributed by atoms with van der Waals surface area (Å²) in [6.45, 7) is 12.0. The molecule has 2 aromatic heterocycles. The fourth-order valence-electron chi connectivity index (χ4n) is 6.43. The predicted octanol–water partition coefficient (Wildman–Crippen LogP) is 10.1. The van der Waals surface area contributed by atoms with Crippen molar-refractivity contribution in [2.45, 2.75) is 115 Å². The minimum atomic E-state index is -6.95. The molecular formula is C32H37F9N2O2Si. The van der Waals surface area contributed by atoms with Crippen LogP contribution < -0.4 is 5.56 Å². The molecule has 1 aromatic carbocycles. The van der Waals surface area contributed by atoms with Crippen molar-refractivity contribution >= 4 is 19.2 Å². The van der Waals surface area contributed by atoms with Gasteiger partial charge in [0, 0.05) is 22.9 Å². The summed E-state index contributed by atoms with van der Waals surface area (Å²) >= 11 is 0. The van der Waals surface area contributed by atoms with E-state index in [0.29, 0.717) is 22.5 Å². The Morgan fingerprint density at radius 1 is 0.913 bits per heavy atom. The van der Waals surface area contributed by atoms with Gasteiger partial charge in [-0.3, -0.25) is 4.79 Å². The van der Waals surface area contributed by atoms with Crippen LogP contribution in [0.4, 0.5) is 39.5 Å². The van der Waals surface area contributed by atoms with Gasteiger partial charge in [-0.05, 0) is 67.2 Å². The number of hydrogen-bond acceptors (Lipinski definition) is 3. The molecule has 1 atom stereocenters. The summed E-state index contributed by atoms with van der Waals surface area (Å²) in [6.07, 6.45) is -9.48. The molecule has 0 fully saturated rings. The van der Waals surface area contributed by atoms with E-state index >= 15 is 0 Å². The van der Waals surface area contributed by atoms with E-state index in [-0.39, 0.29) is 18.5 Å². The summed E-state index contributed by atoms with van der Waals surface area (Å²) < 4.78 is 132. The van der Waals surface area contributed by atoms with Crippen molar-refractivity contribution in [1.82, 2.24) is 9.55 Å². The van der Waals surface area contributed by atoms with Gasteiger partial charge < -0.3 is 8.99 Å². The molecule has 0 spiro atoms. The molecule has 4 nitrogen and oxygen atoms in total. The van der Waals surface area contributed by atoms with Crippen molar-refractivity contribution in [3.63, 3.8) is 0 Å². The Morgan fingerprint density at radius 2 is 1.52 bits per heavy atom. The molecular weight excluding hydrogens is 643 g/mol. The molecule has 0 aliphatic carbocycles. The van der Waals surface area contributed by atoms with Crippen LogP contribution in [0.2, 0.25) is 17.1 Å². The molecule has 1 unspecified atom stereocenters. The Hall–Kier alpha value is -2.87. The maximum absolute atomic E-state index is 14.8. The first-order valence-corrected chi connectivity index (χ1v) is 17.3. The molecule has 0 radical (unpaired) electrons. The van der Waals surface area contributed by atoms with E-state index in [9.17, 15) is 44.3 Å². The minimum Gasteiger partial charge on any atom is -0.409 e. The van der Waals surface area contributed by atoms with Crippen molar-refractivity contribution in [2.24, 2.45) is 0 Å². The molecule has 46 heavy (non-hydrogen) atoms. The van der Waals surface area contributed by atoms with Crippen LogP contribution in [-0.4, -0.2) is 41.8 Å². The van der Waals surface area contributed by atoms with Gasteiger partial charge in [-0.25, -0.2) is 4.98 Å². The highest BCUT2D eigenvalue weighted by molar-refractivity contribution is 6.76. The quantitative estimate of drug-likeness (QED) is 0.117. The van der Waals surface area contributed by atoms with E-state index in [2.05, 4.69) is 0 Å². The van der Waals surface area contributed by atoms with Gasteiger partial charge in [-0.1, -0.05) is 46.2 Å². The first-order chi connectivity index (χ1) is 21.0. The summed E-state index contributed by atoms with van der Waals surface area (Å²) in [7, 11) is -3.65. The summed E-state index contributed by atoms with van der Waals surface area (Å²) in [6, 6.07) is 8.65. The molecule has 14 heteroatoms. The van der Waals surface area contributed by atoms with Crippen LogP contribution >= 0.6 is 0 Å². The highest BCUT2D eigenvalue weighted by Crippen LogP contribution is 2.55. The second kappa shape index (κ2) is 12.0. The van der Waals surface area contributed by atoms with Crippen LogP contribution in [0.3, 0.4) is 0 Å². The van der Waals surface area contributed by atoms with Crippen LogP contribution in [0.1, 0.15) is 75.8 Å². The molecule has 4 rings (SSSR count). The number of fused-ring (bicyclic) bond motifs is 4. The lowest BCUT2D eigenvalue weighted by Crippen LogP contribution is -2.61. The van der Waals surface area contributed by atoms with Gasteiger partial charge in [-0.2, -0.15) is 39.5 Å². The predicted molar refractivity (Wildman–Crippen MR) is 160 cm³/mol. The Kier molecular flexibility index (Phi) is 9.37. The van der Waals surface area contributed by atoms with E-state index in [4.69, 9.17) is 9.41 Å². The number of aromatic nitrogens is 2. The number of hydrogen-bond donors (Lipinski definition) is 0. The summed E-state index contributed by atoms with van der Waals surface area (Å²) in [5.41, 5.74) is 3.06. The van der Waals surface area contributed by atoms with Crippen molar-refractivity contribution in [3.8, 4) is 11.4 Å². The van der Waals surface area contributed by atoms with Crippen molar-refractivity contribution in [3.05, 3.63) is 62.9 Å². The maximum atomic E-state index is 14.8. The third-order valence-corrected chi connectivity index (χ3v) is 14.9. The van der Waals surface area contributed by atoms with E-state index in [1.54, 1.807) is 52.2 Å². The molecule has 0 N–H and O–H groups in total. The van der Waals surface area contributed by atoms with Crippen LogP contribution in [0.5, 0.6) is 0 Å². The summed E-state index contributed by atoms with van der Waals surface area (Å²) in [5, 5.41) is 0.909. The third kappa shape index (κ3) is 5.77. The highest BCUT2D eigenvalue weighted by atomic mass is 28.4. The standard InChI is InChI=1S/C32H37F9N2O2Si/c1-8-26(45-46(17(2)3,18(4)5)12-11-29(33,34)30(35,36)31(37,38)32(39,40)41)23-15-25-27-22(16-43(25)28(44)20(23)7)14-21-13-19(6)9-10-24(21)42-27/h9-10,13-15,17-18,26H,8,11-12,16H2,1-7H3. The van der Waals surface area contributed by atoms with E-state index in [0.717, 1.165) is 22.0 Å². The smallest absolute Gasteiger partial charge is 0.409 e. The van der Waals surface area contributed by atoms with Gasteiger partial charge in [0.25, 0.3) is 5.56 Å². The first kappa shape index (κ1) is 36.0. The second-order valence-corrected chi connectivity index (χ2v) is 17.8. The fraction of sp³-hybridized carbons (Fsp3) is 0.562. The molecule has 0 bridgehead atoms. The maximum Gasteiger partial charge on any atom is 0.460 e. The van der Waals surface area contributed by atoms with Gasteiger partial charge in [0.2, 0.25) is 0 Å². The van der Waals surface area contributed by atoms with Crippen LogP contribution in [0, 0.1) is 13.8 Å². The molecule has 3 heterocycles. The first-order valence-electron chi connectivity index (χ1n) is 15.0. The van der Waals surface area contributed by atoms with Gasteiger partial charge in [0.15, 0.2) is 8.32 Å². The average Bonchev–Trinajstić information content (AvgIpc) is 3.30. The van der Waals surface area contributed by atoms with Crippen molar-refractivity contribution < 1.29 is 43.9 Å². The highest BCUT2D eigenvalue weighted by Gasteiger charge is 2.81. The molecule has 254 valence electrons. The number of pyridine rings is 2. The van der Waals surface area contributed by atoms with Crippen molar-refractivity contribution in [1.29, 1.82) is 0 Å². The average molecular weight is 681 g/mol. The normalized spacial score (nSPS) is 15.2. The number of alkyl halides is 9. The summed E-state index contributed by atoms with van der Waals surface area (Å²) in [4.78, 5) is 18.4. The SMILES string of the molecule is CCC(O[Si](CCC(F)(F)C(F)(F)C(F)(F)C(F)(F)F)(C(C)C)C(C)C)c1cc2n(c(=O)c1C)Cc1cc3cc(C)ccc3nc1-2. The Balaban J connectivity index is 1.75. The lowest BCUT2D eigenvalue weighted by Gasteiger charge is -2.43. The molecule has 0 amide bonds. The van der Waals surface area contributed by atoms with E-state index in [1.165, 1.54) is 0 Å². The molecule has 1 aliphatic rings. The number of aryl methyl sites for hydroxylation is 1. The fourth-order valence-corrected chi connectivity index (χ4v) is 11.1. The van der Waals surface area contributed by atoms with Gasteiger partial charge in [0.1, 0.15) is 0 Å². The monoisotopic (exact) mass is 680 g/mol. The number of rotatable bonds is 11. The third-order valence-electron chi connectivity index (χ3n) is 9.28. The van der Waals surface area contributed by atoms with E-state index in [1.807, 2.05) is 31.2 Å². The van der Waals surface area contributed by atoms with Gasteiger partial charge in [0.05, 0.1) is 29.6 Å². The lowest BCUT2D eigenvalue weighted by molar-refractivity contribution is -0.396. The lowest BCUT2D eigenvalue weighted by atomic mass is 10.0. The van der Waals surface area contributed by atoms with Crippen LogP contribution in [-0.2, 0) is 11.0 Å². The van der Waals surface area contributed by atoms with Crippen LogP contribution in [0.25, 0.3) is 22.3 Å². The van der Waals surface area contributed by atoms with Gasteiger partial charge in [-0.15, -0.1) is 0 Å². The number of benzene rings is 1. The second-order valence-electron chi connectivity index (χ2n) is 12.8.